The third-order valence-corrected chi connectivity index (χ3v) is 2.14. The second kappa shape index (κ2) is 12.6. The summed E-state index contributed by atoms with van der Waals surface area (Å²) in [4.78, 5) is 10.9. The number of nitrogens with two attached hydrogens (primary N) is 1. The van der Waals surface area contributed by atoms with Gasteiger partial charge in [-0.1, -0.05) is 37.6 Å². The SMILES string of the molecule is CC.CC(=O)C(N)Cc1ccc(Cl)cc1.CCO. The number of aliphatic hydroxyl groups excluding tert-OH is 1. The van der Waals surface area contributed by atoms with Gasteiger partial charge in [0.05, 0.1) is 6.04 Å². The number of ketones is 1. The quantitative estimate of drug-likeness (QED) is 0.890. The van der Waals surface area contributed by atoms with Gasteiger partial charge < -0.3 is 10.8 Å². The van der Waals surface area contributed by atoms with Crippen molar-refractivity contribution in [3.8, 4) is 0 Å². The molecule has 0 bridgehead atoms. The zero-order valence-electron chi connectivity index (χ0n) is 11.6. The van der Waals surface area contributed by atoms with Crippen LogP contribution in [-0.2, 0) is 11.2 Å². The Labute approximate surface area is 115 Å². The molecule has 0 aromatic heterocycles. The molecule has 0 saturated carbocycles. The highest BCUT2D eigenvalue weighted by atomic mass is 35.5. The highest BCUT2D eigenvalue weighted by molar-refractivity contribution is 6.30. The first-order valence-corrected chi connectivity index (χ1v) is 6.50. The van der Waals surface area contributed by atoms with E-state index in [1.807, 2.05) is 26.0 Å². The predicted molar refractivity (Wildman–Crippen MR) is 77.9 cm³/mol. The smallest absolute Gasteiger partial charge is 0.146 e. The zero-order valence-corrected chi connectivity index (χ0v) is 12.4. The molecule has 1 atom stereocenters. The van der Waals surface area contributed by atoms with E-state index >= 15 is 0 Å². The third-order valence-electron chi connectivity index (χ3n) is 1.89. The normalized spacial score (nSPS) is 10.4. The average molecular weight is 274 g/mol. The topological polar surface area (TPSA) is 63.3 Å². The van der Waals surface area contributed by atoms with Crippen LogP contribution in [0.1, 0.15) is 33.3 Å². The first kappa shape index (κ1) is 19.4. The van der Waals surface area contributed by atoms with Gasteiger partial charge in [-0.3, -0.25) is 4.79 Å². The number of benzene rings is 1. The Bertz CT molecular complexity index is 312. The molecule has 1 unspecified atom stereocenters. The molecule has 104 valence electrons. The van der Waals surface area contributed by atoms with E-state index in [2.05, 4.69) is 0 Å². The maximum Gasteiger partial charge on any atom is 0.146 e. The van der Waals surface area contributed by atoms with Gasteiger partial charge in [0, 0.05) is 11.6 Å². The summed E-state index contributed by atoms with van der Waals surface area (Å²) < 4.78 is 0. The summed E-state index contributed by atoms with van der Waals surface area (Å²) in [5.74, 6) is 0.00921. The van der Waals surface area contributed by atoms with Gasteiger partial charge in [0.25, 0.3) is 0 Å². The third kappa shape index (κ3) is 10.3. The lowest BCUT2D eigenvalue weighted by Gasteiger charge is -2.07. The summed E-state index contributed by atoms with van der Waals surface area (Å²) in [6.45, 7) is 7.43. The van der Waals surface area contributed by atoms with Gasteiger partial charge in [0.1, 0.15) is 5.78 Å². The van der Waals surface area contributed by atoms with Crippen molar-refractivity contribution in [3.63, 3.8) is 0 Å². The minimum Gasteiger partial charge on any atom is -0.397 e. The molecule has 3 nitrogen and oxygen atoms in total. The first-order chi connectivity index (χ1) is 8.51. The van der Waals surface area contributed by atoms with Gasteiger partial charge >= 0.3 is 0 Å². The highest BCUT2D eigenvalue weighted by Gasteiger charge is 2.08. The summed E-state index contributed by atoms with van der Waals surface area (Å²) in [6.07, 6.45) is 0.576. The number of hydrogen-bond acceptors (Lipinski definition) is 3. The number of rotatable bonds is 3. The van der Waals surface area contributed by atoms with E-state index in [1.54, 1.807) is 19.1 Å². The Balaban J connectivity index is 0. The Morgan fingerprint density at radius 3 is 2.06 bits per heavy atom. The van der Waals surface area contributed by atoms with Gasteiger partial charge in [-0.2, -0.15) is 0 Å². The molecule has 0 amide bonds. The second-order valence-electron chi connectivity index (χ2n) is 3.36. The van der Waals surface area contributed by atoms with Crippen molar-refractivity contribution < 1.29 is 9.90 Å². The maximum absolute atomic E-state index is 10.9. The Hall–Kier alpha value is -0.900. The minimum atomic E-state index is -0.402. The molecule has 1 aromatic carbocycles. The summed E-state index contributed by atoms with van der Waals surface area (Å²) in [5, 5.41) is 8.26. The fourth-order valence-corrected chi connectivity index (χ4v) is 1.14. The summed E-state index contributed by atoms with van der Waals surface area (Å²) in [7, 11) is 0. The van der Waals surface area contributed by atoms with Crippen molar-refractivity contribution in [2.24, 2.45) is 5.73 Å². The molecule has 3 N–H and O–H groups in total. The van der Waals surface area contributed by atoms with Gasteiger partial charge in [0.2, 0.25) is 0 Å². The van der Waals surface area contributed by atoms with Crippen molar-refractivity contribution in [2.75, 3.05) is 6.61 Å². The van der Waals surface area contributed by atoms with E-state index in [4.69, 9.17) is 22.4 Å². The number of Topliss-reactive ketones (excluding diaryl/α,β-unsaturated/α-hetero) is 1. The summed E-state index contributed by atoms with van der Waals surface area (Å²) in [5.41, 5.74) is 6.64. The van der Waals surface area contributed by atoms with E-state index in [1.165, 1.54) is 6.92 Å². The Kier molecular flexibility index (Phi) is 13.6. The van der Waals surface area contributed by atoms with E-state index in [0.29, 0.717) is 11.4 Å². The molecular formula is C14H24ClNO2. The van der Waals surface area contributed by atoms with E-state index in [9.17, 15) is 4.79 Å². The van der Waals surface area contributed by atoms with Crippen molar-refractivity contribution >= 4 is 17.4 Å². The van der Waals surface area contributed by atoms with Crippen LogP contribution < -0.4 is 5.73 Å². The average Bonchev–Trinajstić information content (AvgIpc) is 2.35. The fraction of sp³-hybridized carbons (Fsp3) is 0.500. The van der Waals surface area contributed by atoms with Crippen molar-refractivity contribution in [1.82, 2.24) is 0 Å². The van der Waals surface area contributed by atoms with Gasteiger partial charge in [-0.05, 0) is 38.0 Å². The largest absolute Gasteiger partial charge is 0.397 e. The number of hydrogen-bond donors (Lipinski definition) is 2. The molecule has 0 saturated heterocycles. The molecule has 0 fully saturated rings. The monoisotopic (exact) mass is 273 g/mol. The van der Waals surface area contributed by atoms with Gasteiger partial charge in [-0.15, -0.1) is 0 Å². The zero-order chi connectivity index (χ0) is 14.6. The molecule has 0 aliphatic heterocycles. The van der Waals surface area contributed by atoms with Crippen LogP contribution in [0.3, 0.4) is 0 Å². The maximum atomic E-state index is 10.9. The van der Waals surface area contributed by atoms with Gasteiger partial charge in [-0.25, -0.2) is 0 Å². The van der Waals surface area contributed by atoms with E-state index < -0.39 is 6.04 Å². The van der Waals surface area contributed by atoms with Crippen LogP contribution >= 0.6 is 11.6 Å². The first-order valence-electron chi connectivity index (χ1n) is 6.12. The molecule has 0 heterocycles. The molecule has 18 heavy (non-hydrogen) atoms. The molecule has 4 heteroatoms. The van der Waals surface area contributed by atoms with Crippen LogP contribution in [0.4, 0.5) is 0 Å². The number of aliphatic hydroxyl groups is 1. The van der Waals surface area contributed by atoms with Gasteiger partial charge in [0.15, 0.2) is 0 Å². The van der Waals surface area contributed by atoms with Crippen LogP contribution in [0.2, 0.25) is 5.02 Å². The lowest BCUT2D eigenvalue weighted by Crippen LogP contribution is -2.30. The Morgan fingerprint density at radius 2 is 1.72 bits per heavy atom. The standard InChI is InChI=1S/C10H12ClNO.C2H6O.C2H6/c1-7(13)10(12)6-8-2-4-9(11)5-3-8;1-2-3;1-2/h2-5,10H,6,12H2,1H3;3H,2H2,1H3;1-2H3. The fourth-order valence-electron chi connectivity index (χ4n) is 1.02. The van der Waals surface area contributed by atoms with E-state index in [-0.39, 0.29) is 12.4 Å². The van der Waals surface area contributed by atoms with E-state index in [0.717, 1.165) is 5.56 Å². The van der Waals surface area contributed by atoms with Crippen LogP contribution in [0, 0.1) is 0 Å². The summed E-state index contributed by atoms with van der Waals surface area (Å²) in [6, 6.07) is 6.95. The van der Waals surface area contributed by atoms with Crippen LogP contribution in [-0.4, -0.2) is 23.5 Å². The second-order valence-corrected chi connectivity index (χ2v) is 3.80. The highest BCUT2D eigenvalue weighted by Crippen LogP contribution is 2.10. The molecule has 1 rings (SSSR count). The molecule has 0 radical (unpaired) electrons. The minimum absolute atomic E-state index is 0.00921. The van der Waals surface area contributed by atoms with Crippen LogP contribution in [0.15, 0.2) is 24.3 Å². The van der Waals surface area contributed by atoms with Crippen LogP contribution in [0.5, 0.6) is 0 Å². The van der Waals surface area contributed by atoms with Crippen molar-refractivity contribution in [3.05, 3.63) is 34.9 Å². The molecular weight excluding hydrogens is 250 g/mol. The molecule has 0 aliphatic rings. The lowest BCUT2D eigenvalue weighted by atomic mass is 10.0. The molecule has 1 aromatic rings. The molecule has 0 aliphatic carbocycles. The Morgan fingerprint density at radius 1 is 1.33 bits per heavy atom. The number of halogens is 1. The van der Waals surface area contributed by atoms with Crippen molar-refractivity contribution in [1.29, 1.82) is 0 Å². The lowest BCUT2D eigenvalue weighted by molar-refractivity contribution is -0.118. The molecule has 0 spiro atoms. The number of carbonyl (C=O) groups is 1. The van der Waals surface area contributed by atoms with Crippen LogP contribution in [0.25, 0.3) is 0 Å². The summed E-state index contributed by atoms with van der Waals surface area (Å²) >= 11 is 5.71. The van der Waals surface area contributed by atoms with Crippen molar-refractivity contribution in [2.45, 2.75) is 40.2 Å². The predicted octanol–water partition coefficient (Wildman–Crippen LogP) is 2.82. The number of carbonyl (C=O) groups excluding carboxylic acids is 1.